The second kappa shape index (κ2) is 4.49. The molecule has 2 N–H and O–H groups in total. The number of hydrogen-bond acceptors (Lipinski definition) is 2. The van der Waals surface area contributed by atoms with E-state index in [1.807, 2.05) is 24.3 Å². The van der Waals surface area contributed by atoms with Crippen LogP contribution in [-0.4, -0.2) is 18.4 Å². The Balaban J connectivity index is 2.33. The zero-order chi connectivity index (χ0) is 11.5. The second-order valence-electron chi connectivity index (χ2n) is 3.31. The molecule has 0 unspecified atom stereocenters. The van der Waals surface area contributed by atoms with Crippen LogP contribution in [0.5, 0.6) is 0 Å². The first-order valence-electron chi connectivity index (χ1n) is 4.71. The monoisotopic (exact) mass is 280 g/mol. The van der Waals surface area contributed by atoms with Crippen LogP contribution in [0.4, 0.5) is 0 Å². The molecule has 1 fully saturated rings. The molecule has 16 heavy (non-hydrogen) atoms. The Bertz CT molecular complexity index is 483. The van der Waals surface area contributed by atoms with Gasteiger partial charge in [0.15, 0.2) is 0 Å². The van der Waals surface area contributed by atoms with E-state index in [2.05, 4.69) is 26.6 Å². The topological polar surface area (TPSA) is 58.2 Å². The van der Waals surface area contributed by atoms with Crippen LogP contribution in [0.2, 0.25) is 0 Å². The van der Waals surface area contributed by atoms with Crippen LogP contribution in [0.1, 0.15) is 5.56 Å². The van der Waals surface area contributed by atoms with Crippen LogP contribution in [0, 0.1) is 0 Å². The van der Waals surface area contributed by atoms with Crippen molar-refractivity contribution >= 4 is 33.8 Å². The molecule has 0 saturated carbocycles. The summed E-state index contributed by atoms with van der Waals surface area (Å²) in [4.78, 5) is 22.6. The normalized spacial score (nSPS) is 18.2. The number of nitrogens with one attached hydrogen (secondary N) is 2. The molecule has 1 aromatic carbocycles. The maximum absolute atomic E-state index is 11.4. The van der Waals surface area contributed by atoms with Gasteiger partial charge in [-0.05, 0) is 17.7 Å². The van der Waals surface area contributed by atoms with E-state index in [4.69, 9.17) is 0 Å². The highest BCUT2D eigenvalue weighted by Gasteiger charge is 2.19. The third kappa shape index (κ3) is 2.30. The van der Waals surface area contributed by atoms with E-state index in [0.717, 1.165) is 10.0 Å². The summed E-state index contributed by atoms with van der Waals surface area (Å²) >= 11 is 3.37. The number of carbonyl (C=O) groups excluding carboxylic acids is 2. The van der Waals surface area contributed by atoms with E-state index < -0.39 is 0 Å². The van der Waals surface area contributed by atoms with Crippen LogP contribution in [-0.2, 0) is 9.59 Å². The van der Waals surface area contributed by atoms with E-state index in [9.17, 15) is 9.59 Å². The number of amides is 2. The Morgan fingerprint density at radius 2 is 2.00 bits per heavy atom. The van der Waals surface area contributed by atoms with Crippen molar-refractivity contribution in [2.24, 2.45) is 0 Å². The molecule has 2 amide bonds. The number of halogens is 1. The van der Waals surface area contributed by atoms with Crippen molar-refractivity contribution < 1.29 is 9.59 Å². The van der Waals surface area contributed by atoms with Gasteiger partial charge in [-0.15, -0.1) is 0 Å². The maximum Gasteiger partial charge on any atom is 0.268 e. The maximum atomic E-state index is 11.4. The Morgan fingerprint density at radius 1 is 1.25 bits per heavy atom. The molecule has 2 rings (SSSR count). The molecule has 0 aromatic heterocycles. The molecule has 4 nitrogen and oxygen atoms in total. The minimum atomic E-state index is -0.268. The summed E-state index contributed by atoms with van der Waals surface area (Å²) in [5.41, 5.74) is 1.11. The summed E-state index contributed by atoms with van der Waals surface area (Å²) in [7, 11) is 0. The smallest absolute Gasteiger partial charge is 0.268 e. The lowest BCUT2D eigenvalue weighted by Crippen LogP contribution is -2.46. The minimum Gasteiger partial charge on any atom is -0.342 e. The van der Waals surface area contributed by atoms with Gasteiger partial charge in [0.05, 0.1) is 6.54 Å². The van der Waals surface area contributed by atoms with Gasteiger partial charge in [-0.2, -0.15) is 0 Å². The van der Waals surface area contributed by atoms with Crippen LogP contribution in [0.25, 0.3) is 6.08 Å². The summed E-state index contributed by atoms with van der Waals surface area (Å²) < 4.78 is 0.870. The number of rotatable bonds is 1. The van der Waals surface area contributed by atoms with Gasteiger partial charge >= 0.3 is 0 Å². The first kappa shape index (κ1) is 10.9. The zero-order valence-corrected chi connectivity index (χ0v) is 9.87. The highest BCUT2D eigenvalue weighted by molar-refractivity contribution is 9.10. The van der Waals surface area contributed by atoms with E-state index in [1.165, 1.54) is 0 Å². The lowest BCUT2D eigenvalue weighted by atomic mass is 10.1. The molecule has 1 aliphatic rings. The molecule has 0 aliphatic carbocycles. The summed E-state index contributed by atoms with van der Waals surface area (Å²) in [5, 5.41) is 5.02. The summed E-state index contributed by atoms with van der Waals surface area (Å²) in [5.74, 6) is -0.478. The number of carbonyl (C=O) groups is 2. The summed E-state index contributed by atoms with van der Waals surface area (Å²) in [6.45, 7) is 0.0339. The highest BCUT2D eigenvalue weighted by Crippen LogP contribution is 2.18. The fraction of sp³-hybridized carbons (Fsp3) is 0.0909. The van der Waals surface area contributed by atoms with Crippen LogP contribution >= 0.6 is 15.9 Å². The van der Waals surface area contributed by atoms with Gasteiger partial charge in [0.2, 0.25) is 5.91 Å². The van der Waals surface area contributed by atoms with Crippen molar-refractivity contribution in [2.75, 3.05) is 6.54 Å². The van der Waals surface area contributed by atoms with Crippen LogP contribution in [0.15, 0.2) is 34.4 Å². The molecule has 5 heteroatoms. The molecular formula is C11H9BrN2O2. The number of piperazine rings is 1. The van der Waals surface area contributed by atoms with E-state index in [0.29, 0.717) is 0 Å². The van der Waals surface area contributed by atoms with E-state index >= 15 is 0 Å². The van der Waals surface area contributed by atoms with Gasteiger partial charge < -0.3 is 10.6 Å². The predicted octanol–water partition coefficient (Wildman–Crippen LogP) is 1.04. The first-order chi connectivity index (χ1) is 7.66. The third-order valence-electron chi connectivity index (χ3n) is 2.13. The van der Waals surface area contributed by atoms with Crippen molar-refractivity contribution in [3.8, 4) is 0 Å². The molecule has 82 valence electrons. The zero-order valence-electron chi connectivity index (χ0n) is 8.29. The summed E-state index contributed by atoms with van der Waals surface area (Å²) in [6, 6.07) is 7.46. The molecule has 1 saturated heterocycles. The van der Waals surface area contributed by atoms with Crippen molar-refractivity contribution in [3.63, 3.8) is 0 Å². The van der Waals surface area contributed by atoms with Crippen molar-refractivity contribution in [3.05, 3.63) is 40.0 Å². The quantitative estimate of drug-likeness (QED) is 0.755. The van der Waals surface area contributed by atoms with Gasteiger partial charge in [-0.25, -0.2) is 0 Å². The van der Waals surface area contributed by atoms with Gasteiger partial charge in [-0.1, -0.05) is 34.1 Å². The summed E-state index contributed by atoms with van der Waals surface area (Å²) in [6.07, 6.45) is 1.64. The molecule has 0 atom stereocenters. The fourth-order valence-corrected chi connectivity index (χ4v) is 1.76. The van der Waals surface area contributed by atoms with E-state index in [-0.39, 0.29) is 24.1 Å². The fourth-order valence-electron chi connectivity index (χ4n) is 1.36. The third-order valence-corrected chi connectivity index (χ3v) is 2.86. The molecule has 0 spiro atoms. The van der Waals surface area contributed by atoms with E-state index in [1.54, 1.807) is 6.08 Å². The van der Waals surface area contributed by atoms with Crippen molar-refractivity contribution in [1.29, 1.82) is 0 Å². The van der Waals surface area contributed by atoms with Gasteiger partial charge in [0.25, 0.3) is 5.91 Å². The standard InChI is InChI=1S/C11H9BrN2O2/c12-8-4-2-1-3-7(8)5-9-11(16)13-6-10(15)14-9/h1-5H,6H2,(H,13,16)(H,14,15). The minimum absolute atomic E-state index is 0.0339. The Kier molecular flexibility index (Phi) is 3.05. The average Bonchev–Trinajstić information content (AvgIpc) is 2.27. The predicted molar refractivity (Wildman–Crippen MR) is 63.3 cm³/mol. The van der Waals surface area contributed by atoms with Crippen LogP contribution in [0.3, 0.4) is 0 Å². The van der Waals surface area contributed by atoms with Crippen LogP contribution < -0.4 is 10.6 Å². The average molecular weight is 281 g/mol. The molecular weight excluding hydrogens is 272 g/mol. The van der Waals surface area contributed by atoms with Gasteiger partial charge in [0, 0.05) is 4.47 Å². The van der Waals surface area contributed by atoms with Gasteiger partial charge in [-0.3, -0.25) is 9.59 Å². The van der Waals surface area contributed by atoms with Gasteiger partial charge in [0.1, 0.15) is 5.70 Å². The molecule has 1 aromatic rings. The Morgan fingerprint density at radius 3 is 2.75 bits per heavy atom. The lowest BCUT2D eigenvalue weighted by molar-refractivity contribution is -0.127. The molecule has 1 aliphatic heterocycles. The Labute approximate surface area is 101 Å². The second-order valence-corrected chi connectivity index (χ2v) is 4.16. The number of hydrogen-bond donors (Lipinski definition) is 2. The van der Waals surface area contributed by atoms with Crippen molar-refractivity contribution in [1.82, 2.24) is 10.6 Å². The molecule has 0 bridgehead atoms. The highest BCUT2D eigenvalue weighted by atomic mass is 79.9. The first-order valence-corrected chi connectivity index (χ1v) is 5.50. The number of benzene rings is 1. The molecule has 1 heterocycles. The SMILES string of the molecule is O=C1CNC(=O)C(=Cc2ccccc2Br)N1. The van der Waals surface area contributed by atoms with Crippen molar-refractivity contribution in [2.45, 2.75) is 0 Å². The largest absolute Gasteiger partial charge is 0.342 e. The lowest BCUT2D eigenvalue weighted by Gasteiger charge is -2.16. The Hall–Kier alpha value is -1.62. The molecule has 0 radical (unpaired) electrons.